The van der Waals surface area contributed by atoms with E-state index < -0.39 is 17.6 Å². The number of hydrogen-bond donors (Lipinski definition) is 2. The van der Waals surface area contributed by atoms with E-state index >= 15 is 0 Å². The molecule has 0 saturated heterocycles. The van der Waals surface area contributed by atoms with Gasteiger partial charge in [-0.1, -0.05) is 42.5 Å². The van der Waals surface area contributed by atoms with Crippen LogP contribution in [0.25, 0.3) is 0 Å². The number of para-hydroxylation sites is 1. The van der Waals surface area contributed by atoms with Gasteiger partial charge in [-0.05, 0) is 47.5 Å². The van der Waals surface area contributed by atoms with Crippen molar-refractivity contribution in [2.75, 3.05) is 5.32 Å². The summed E-state index contributed by atoms with van der Waals surface area (Å²) in [7, 11) is 0. The minimum Gasteiger partial charge on any atom is -0.489 e. The summed E-state index contributed by atoms with van der Waals surface area (Å²) in [4.78, 5) is 23.7. The zero-order valence-electron chi connectivity index (χ0n) is 16.8. The molecule has 0 spiro atoms. The molecule has 7 heteroatoms. The third kappa shape index (κ3) is 7.40. The minimum absolute atomic E-state index is 0.0656. The highest BCUT2D eigenvalue weighted by Crippen LogP contribution is 2.14. The van der Waals surface area contributed by atoms with Crippen LogP contribution in [-0.4, -0.2) is 18.0 Å². The van der Waals surface area contributed by atoms with Crippen molar-refractivity contribution < 1.29 is 18.7 Å². The summed E-state index contributed by atoms with van der Waals surface area (Å²) in [5.41, 5.74) is 4.32. The van der Waals surface area contributed by atoms with E-state index in [1.165, 1.54) is 24.4 Å². The van der Waals surface area contributed by atoms with Crippen LogP contribution in [0, 0.1) is 5.82 Å². The van der Waals surface area contributed by atoms with E-state index in [1.54, 1.807) is 6.07 Å². The summed E-state index contributed by atoms with van der Waals surface area (Å²) in [6.07, 6.45) is 1.35. The average molecular weight is 419 g/mol. The van der Waals surface area contributed by atoms with Crippen molar-refractivity contribution in [3.63, 3.8) is 0 Å². The van der Waals surface area contributed by atoms with Crippen LogP contribution in [-0.2, 0) is 16.2 Å². The second-order valence-corrected chi connectivity index (χ2v) is 6.66. The van der Waals surface area contributed by atoms with Gasteiger partial charge in [0.1, 0.15) is 18.2 Å². The number of nitrogens with one attached hydrogen (secondary N) is 2. The molecule has 31 heavy (non-hydrogen) atoms. The largest absolute Gasteiger partial charge is 0.489 e. The maximum Gasteiger partial charge on any atom is 0.240 e. The molecule has 0 bridgehead atoms. The van der Waals surface area contributed by atoms with Crippen molar-refractivity contribution >= 4 is 23.7 Å². The summed E-state index contributed by atoms with van der Waals surface area (Å²) in [6.45, 7) is 0.481. The number of ether oxygens (including phenoxy) is 1. The average Bonchev–Trinajstić information content (AvgIpc) is 2.79. The quantitative estimate of drug-likeness (QED) is 0.401. The van der Waals surface area contributed by atoms with Crippen molar-refractivity contribution in [3.8, 4) is 5.75 Å². The highest BCUT2D eigenvalue weighted by atomic mass is 19.1. The normalized spacial score (nSPS) is 10.6. The zero-order chi connectivity index (χ0) is 21.9. The van der Waals surface area contributed by atoms with E-state index in [9.17, 15) is 14.0 Å². The fraction of sp³-hybridized carbons (Fsp3) is 0.125. The number of anilines is 1. The third-order valence-electron chi connectivity index (χ3n) is 4.26. The second-order valence-electron chi connectivity index (χ2n) is 6.66. The van der Waals surface area contributed by atoms with E-state index in [-0.39, 0.29) is 18.5 Å². The Labute approximate surface area is 179 Å². The number of hydrazone groups is 1. The van der Waals surface area contributed by atoms with Gasteiger partial charge in [-0.15, -0.1) is 0 Å². The number of halogens is 1. The van der Waals surface area contributed by atoms with Crippen LogP contribution in [0.3, 0.4) is 0 Å². The Bertz CT molecular complexity index is 1040. The Morgan fingerprint density at radius 2 is 1.55 bits per heavy atom. The van der Waals surface area contributed by atoms with Crippen molar-refractivity contribution in [2.24, 2.45) is 5.10 Å². The van der Waals surface area contributed by atoms with Crippen LogP contribution in [0.5, 0.6) is 5.75 Å². The van der Waals surface area contributed by atoms with Crippen LogP contribution < -0.4 is 15.5 Å². The first-order valence-electron chi connectivity index (χ1n) is 9.73. The topological polar surface area (TPSA) is 79.8 Å². The lowest BCUT2D eigenvalue weighted by atomic mass is 10.2. The van der Waals surface area contributed by atoms with Gasteiger partial charge >= 0.3 is 0 Å². The molecular weight excluding hydrogens is 397 g/mol. The maximum atomic E-state index is 13.5. The molecule has 0 aliphatic rings. The monoisotopic (exact) mass is 419 g/mol. The van der Waals surface area contributed by atoms with E-state index in [2.05, 4.69) is 15.8 Å². The van der Waals surface area contributed by atoms with Gasteiger partial charge in [-0.25, -0.2) is 9.82 Å². The molecule has 0 saturated carbocycles. The summed E-state index contributed by atoms with van der Waals surface area (Å²) < 4.78 is 19.2. The summed E-state index contributed by atoms with van der Waals surface area (Å²) in [5.74, 6) is -0.662. The van der Waals surface area contributed by atoms with Crippen molar-refractivity contribution in [1.82, 2.24) is 5.43 Å². The summed E-state index contributed by atoms with van der Waals surface area (Å²) in [5, 5.41) is 6.31. The van der Waals surface area contributed by atoms with E-state index in [4.69, 9.17) is 4.74 Å². The number of hydrogen-bond acceptors (Lipinski definition) is 4. The van der Waals surface area contributed by atoms with Crippen molar-refractivity contribution in [3.05, 3.63) is 95.8 Å². The van der Waals surface area contributed by atoms with Gasteiger partial charge in [-0.3, -0.25) is 9.59 Å². The fourth-order valence-corrected chi connectivity index (χ4v) is 2.63. The molecular formula is C24H22FN3O3. The molecule has 0 aliphatic heterocycles. The van der Waals surface area contributed by atoms with Gasteiger partial charge in [0, 0.05) is 12.8 Å². The Hall–Kier alpha value is -4.00. The Morgan fingerprint density at radius 1 is 0.871 bits per heavy atom. The summed E-state index contributed by atoms with van der Waals surface area (Å²) in [6, 6.07) is 23.0. The van der Waals surface area contributed by atoms with Crippen LogP contribution in [0.15, 0.2) is 84.0 Å². The number of carbonyl (C=O) groups is 2. The first-order valence-corrected chi connectivity index (χ1v) is 9.73. The summed E-state index contributed by atoms with van der Waals surface area (Å²) >= 11 is 0. The molecule has 0 radical (unpaired) electrons. The number of benzene rings is 3. The SMILES string of the molecule is O=C(CCC(=O)Nc1ccccc1F)NN=Cc1ccc(OCc2ccccc2)cc1. The van der Waals surface area contributed by atoms with E-state index in [0.29, 0.717) is 6.61 Å². The number of carbonyl (C=O) groups excluding carboxylic acids is 2. The van der Waals surface area contributed by atoms with Crippen LogP contribution in [0.1, 0.15) is 24.0 Å². The van der Waals surface area contributed by atoms with Crippen LogP contribution in [0.2, 0.25) is 0 Å². The molecule has 0 fully saturated rings. The Kier molecular flexibility index (Phi) is 7.88. The Balaban J connectivity index is 1.38. The second kappa shape index (κ2) is 11.3. The molecule has 2 N–H and O–H groups in total. The molecule has 0 atom stereocenters. The van der Waals surface area contributed by atoms with Crippen molar-refractivity contribution in [1.29, 1.82) is 0 Å². The lowest BCUT2D eigenvalue weighted by molar-refractivity contribution is -0.124. The highest BCUT2D eigenvalue weighted by Gasteiger charge is 2.09. The first-order chi connectivity index (χ1) is 15.1. The lowest BCUT2D eigenvalue weighted by Gasteiger charge is -2.06. The van der Waals surface area contributed by atoms with Crippen LogP contribution >= 0.6 is 0 Å². The predicted molar refractivity (Wildman–Crippen MR) is 117 cm³/mol. The molecule has 6 nitrogen and oxygen atoms in total. The molecule has 2 amide bonds. The molecule has 3 aromatic carbocycles. The van der Waals surface area contributed by atoms with E-state index in [0.717, 1.165) is 16.9 Å². The smallest absolute Gasteiger partial charge is 0.240 e. The first kappa shape index (κ1) is 21.7. The number of nitrogens with zero attached hydrogens (tertiary/aromatic N) is 1. The zero-order valence-corrected chi connectivity index (χ0v) is 16.8. The van der Waals surface area contributed by atoms with Gasteiger partial charge in [0.25, 0.3) is 0 Å². The minimum atomic E-state index is -0.526. The van der Waals surface area contributed by atoms with E-state index in [1.807, 2.05) is 54.6 Å². The molecule has 0 aliphatic carbocycles. The number of rotatable bonds is 9. The predicted octanol–water partition coefficient (Wildman–Crippen LogP) is 4.27. The molecule has 0 aromatic heterocycles. The van der Waals surface area contributed by atoms with Crippen molar-refractivity contribution in [2.45, 2.75) is 19.4 Å². The number of amides is 2. The molecule has 0 unspecified atom stereocenters. The molecule has 0 heterocycles. The van der Waals surface area contributed by atoms with Gasteiger partial charge in [0.2, 0.25) is 11.8 Å². The van der Waals surface area contributed by atoms with Crippen LogP contribution in [0.4, 0.5) is 10.1 Å². The molecule has 158 valence electrons. The maximum absolute atomic E-state index is 13.5. The van der Waals surface area contributed by atoms with Gasteiger partial charge in [0.05, 0.1) is 11.9 Å². The molecule has 3 rings (SSSR count). The van der Waals surface area contributed by atoms with Gasteiger partial charge in [0.15, 0.2) is 0 Å². The Morgan fingerprint density at radius 3 is 2.29 bits per heavy atom. The highest BCUT2D eigenvalue weighted by molar-refractivity contribution is 5.93. The third-order valence-corrected chi connectivity index (χ3v) is 4.26. The molecule has 3 aromatic rings. The van der Waals surface area contributed by atoms with Gasteiger partial charge < -0.3 is 10.1 Å². The lowest BCUT2D eigenvalue weighted by Crippen LogP contribution is -2.20. The van der Waals surface area contributed by atoms with Gasteiger partial charge in [-0.2, -0.15) is 5.10 Å². The fourth-order valence-electron chi connectivity index (χ4n) is 2.63. The standard InChI is InChI=1S/C24H22FN3O3/c25-21-8-4-5-9-22(21)27-23(29)14-15-24(30)28-26-16-18-10-12-20(13-11-18)31-17-19-6-2-1-3-7-19/h1-13,16H,14-15,17H2,(H,27,29)(H,28,30).